The van der Waals surface area contributed by atoms with Crippen LogP contribution in [0.2, 0.25) is 0 Å². The second-order valence-corrected chi connectivity index (χ2v) is 11.1. The fraction of sp³-hybridized carbons (Fsp3) is 0.500. The molecule has 3 aliphatic rings. The van der Waals surface area contributed by atoms with Crippen LogP contribution in [0.4, 0.5) is 21.9 Å². The van der Waals surface area contributed by atoms with Gasteiger partial charge in [0.1, 0.15) is 6.33 Å². The van der Waals surface area contributed by atoms with Gasteiger partial charge < -0.3 is 20.0 Å². The summed E-state index contributed by atoms with van der Waals surface area (Å²) >= 11 is 0. The van der Waals surface area contributed by atoms with Crippen LogP contribution in [-0.4, -0.2) is 91.2 Å². The van der Waals surface area contributed by atoms with Crippen LogP contribution in [-0.2, 0) is 0 Å². The predicted molar refractivity (Wildman–Crippen MR) is 159 cm³/mol. The molecule has 3 aromatic rings. The minimum absolute atomic E-state index is 0.0351. The van der Waals surface area contributed by atoms with Crippen LogP contribution in [0, 0.1) is 4.91 Å². The quantitative estimate of drug-likeness (QED) is 0.438. The van der Waals surface area contributed by atoms with Crippen molar-refractivity contribution >= 4 is 34.0 Å². The Bertz CT molecular complexity index is 1310. The molecule has 0 radical (unpaired) electrons. The zero-order chi connectivity index (χ0) is 27.3. The standard InChI is InChI=1S/C30H38N8O2/c39-30(34-24-3-5-25(6-4-24)36-12-1-2-13-36)38-14-9-23(10-15-38)29-27-8-7-26(21-28(27)31-22-32-29)37-19-17-35(18-20-37)16-11-33-40/h3-8,21-23H,1-2,9-20H2,(H,34,39). The largest absolute Gasteiger partial charge is 0.372 e. The Hall–Kier alpha value is -3.79. The van der Waals surface area contributed by atoms with Crippen molar-refractivity contribution in [2.75, 3.05) is 80.6 Å². The fourth-order valence-electron chi connectivity index (χ4n) is 6.29. The van der Waals surface area contributed by atoms with Gasteiger partial charge in [-0.25, -0.2) is 14.8 Å². The molecule has 0 atom stereocenters. The van der Waals surface area contributed by atoms with Crippen LogP contribution in [0.25, 0.3) is 10.9 Å². The summed E-state index contributed by atoms with van der Waals surface area (Å²) in [6, 6.07) is 14.7. The summed E-state index contributed by atoms with van der Waals surface area (Å²) in [5, 5.41) is 7.17. The number of hydrogen-bond acceptors (Lipinski definition) is 8. The van der Waals surface area contributed by atoms with E-state index in [9.17, 15) is 9.70 Å². The molecule has 1 N–H and O–H groups in total. The maximum absolute atomic E-state index is 13.0. The van der Waals surface area contributed by atoms with Crippen LogP contribution in [0.15, 0.2) is 54.0 Å². The third-order valence-corrected chi connectivity index (χ3v) is 8.65. The summed E-state index contributed by atoms with van der Waals surface area (Å²) in [6.07, 6.45) is 5.94. The Morgan fingerprint density at radius 2 is 1.55 bits per heavy atom. The molecule has 10 nitrogen and oxygen atoms in total. The zero-order valence-corrected chi connectivity index (χ0v) is 23.0. The average molecular weight is 543 g/mol. The summed E-state index contributed by atoms with van der Waals surface area (Å²) in [6.45, 7) is 8.43. The number of anilines is 3. The van der Waals surface area contributed by atoms with Gasteiger partial charge in [0.15, 0.2) is 0 Å². The molecule has 3 aliphatic heterocycles. The lowest BCUT2D eigenvalue weighted by Crippen LogP contribution is -2.47. The summed E-state index contributed by atoms with van der Waals surface area (Å²) in [4.78, 5) is 41.7. The van der Waals surface area contributed by atoms with E-state index in [0.717, 1.165) is 80.9 Å². The number of carbonyl (C=O) groups is 1. The topological polar surface area (TPSA) is 97.3 Å². The number of aromatic nitrogens is 2. The third kappa shape index (κ3) is 5.86. The maximum atomic E-state index is 13.0. The zero-order valence-electron chi connectivity index (χ0n) is 23.0. The van der Waals surface area contributed by atoms with E-state index in [0.29, 0.717) is 25.6 Å². The molecule has 1 aromatic heterocycles. The van der Waals surface area contributed by atoms with Gasteiger partial charge in [-0.3, -0.25) is 4.90 Å². The number of benzene rings is 2. The molecule has 0 aliphatic carbocycles. The van der Waals surface area contributed by atoms with Crippen LogP contribution < -0.4 is 15.1 Å². The van der Waals surface area contributed by atoms with Gasteiger partial charge in [-0.2, -0.15) is 4.91 Å². The van der Waals surface area contributed by atoms with Crippen molar-refractivity contribution in [3.8, 4) is 0 Å². The van der Waals surface area contributed by atoms with E-state index in [1.165, 1.54) is 24.2 Å². The third-order valence-electron chi connectivity index (χ3n) is 8.65. The van der Waals surface area contributed by atoms with Crippen LogP contribution in [0.1, 0.15) is 37.3 Å². The molecule has 2 aromatic carbocycles. The summed E-state index contributed by atoms with van der Waals surface area (Å²) < 4.78 is 0. The number of urea groups is 1. The van der Waals surface area contributed by atoms with Crippen molar-refractivity contribution in [3.63, 3.8) is 0 Å². The molecule has 10 heteroatoms. The highest BCUT2D eigenvalue weighted by atomic mass is 16.3. The first kappa shape index (κ1) is 26.4. The van der Waals surface area contributed by atoms with Crippen molar-refractivity contribution in [2.24, 2.45) is 5.18 Å². The molecule has 3 saturated heterocycles. The molecule has 3 fully saturated rings. The Morgan fingerprint density at radius 1 is 0.850 bits per heavy atom. The van der Waals surface area contributed by atoms with Gasteiger partial charge in [0.05, 0.1) is 17.8 Å². The van der Waals surface area contributed by atoms with Crippen molar-refractivity contribution < 1.29 is 4.79 Å². The molecule has 4 heterocycles. The highest BCUT2D eigenvalue weighted by molar-refractivity contribution is 5.89. The minimum atomic E-state index is -0.0351. The van der Waals surface area contributed by atoms with Crippen molar-refractivity contribution in [1.82, 2.24) is 19.8 Å². The molecule has 40 heavy (non-hydrogen) atoms. The summed E-state index contributed by atoms with van der Waals surface area (Å²) in [5.74, 6) is 0.301. The normalized spacial score (nSPS) is 18.9. The van der Waals surface area contributed by atoms with Gasteiger partial charge in [0.2, 0.25) is 0 Å². The van der Waals surface area contributed by atoms with Gasteiger partial charge in [-0.05, 0) is 68.1 Å². The van der Waals surface area contributed by atoms with Gasteiger partial charge in [-0.15, -0.1) is 0 Å². The number of nitrogens with one attached hydrogen (secondary N) is 1. The first-order chi connectivity index (χ1) is 19.7. The first-order valence-corrected chi connectivity index (χ1v) is 14.6. The number of rotatable bonds is 7. The highest BCUT2D eigenvalue weighted by Gasteiger charge is 2.26. The van der Waals surface area contributed by atoms with E-state index >= 15 is 0 Å². The van der Waals surface area contributed by atoms with E-state index < -0.39 is 0 Å². The monoisotopic (exact) mass is 542 g/mol. The van der Waals surface area contributed by atoms with E-state index in [1.54, 1.807) is 6.33 Å². The van der Waals surface area contributed by atoms with Crippen molar-refractivity contribution in [3.05, 3.63) is 59.4 Å². The van der Waals surface area contributed by atoms with E-state index in [4.69, 9.17) is 4.98 Å². The van der Waals surface area contributed by atoms with Crippen molar-refractivity contribution in [1.29, 1.82) is 0 Å². The molecule has 6 rings (SSSR count). The van der Waals surface area contributed by atoms with E-state index in [1.807, 2.05) is 17.0 Å². The fourth-order valence-corrected chi connectivity index (χ4v) is 6.29. The number of piperazine rings is 1. The molecule has 0 spiro atoms. The lowest BCUT2D eigenvalue weighted by atomic mass is 9.91. The average Bonchev–Trinajstić information content (AvgIpc) is 3.55. The molecule has 0 bridgehead atoms. The van der Waals surface area contributed by atoms with E-state index in [-0.39, 0.29) is 6.03 Å². The number of carbonyl (C=O) groups excluding carboxylic acids is 1. The minimum Gasteiger partial charge on any atom is -0.372 e. The summed E-state index contributed by atoms with van der Waals surface area (Å²) in [5.41, 5.74) is 5.29. The predicted octanol–water partition coefficient (Wildman–Crippen LogP) is 4.53. The number of piperidine rings is 1. The Balaban J connectivity index is 1.05. The molecule has 2 amide bonds. The van der Waals surface area contributed by atoms with E-state index in [2.05, 4.69) is 60.5 Å². The molecule has 210 valence electrons. The Morgan fingerprint density at radius 3 is 2.27 bits per heavy atom. The Kier molecular flexibility index (Phi) is 8.04. The lowest BCUT2D eigenvalue weighted by molar-refractivity contribution is 0.194. The van der Waals surface area contributed by atoms with Crippen molar-refractivity contribution in [2.45, 2.75) is 31.6 Å². The Labute approximate surface area is 235 Å². The smallest absolute Gasteiger partial charge is 0.321 e. The lowest BCUT2D eigenvalue weighted by Gasteiger charge is -2.36. The van der Waals surface area contributed by atoms with Crippen LogP contribution >= 0.6 is 0 Å². The van der Waals surface area contributed by atoms with Gasteiger partial charge in [0, 0.05) is 87.3 Å². The molecule has 0 unspecified atom stereocenters. The number of nitrogens with zero attached hydrogens (tertiary/aromatic N) is 7. The molecular weight excluding hydrogens is 504 g/mol. The SMILES string of the molecule is O=NCCN1CCN(c2ccc3c(C4CCN(C(=O)Nc5ccc(N6CCCC6)cc5)CC4)ncnc3c2)CC1. The van der Waals surface area contributed by atoms with Gasteiger partial charge in [-0.1, -0.05) is 5.18 Å². The maximum Gasteiger partial charge on any atom is 0.321 e. The number of amides is 2. The second kappa shape index (κ2) is 12.2. The number of likely N-dealkylation sites (tertiary alicyclic amines) is 1. The highest BCUT2D eigenvalue weighted by Crippen LogP contribution is 2.33. The number of hydrogen-bond donors (Lipinski definition) is 1. The molecular formula is C30H38N8O2. The number of nitroso groups, excluding NO2 is 1. The first-order valence-electron chi connectivity index (χ1n) is 14.6. The van der Waals surface area contributed by atoms with Gasteiger partial charge >= 0.3 is 6.03 Å². The van der Waals surface area contributed by atoms with Crippen LogP contribution in [0.3, 0.4) is 0 Å². The second-order valence-electron chi connectivity index (χ2n) is 11.1. The number of fused-ring (bicyclic) bond motifs is 1. The summed E-state index contributed by atoms with van der Waals surface area (Å²) in [7, 11) is 0. The molecule has 0 saturated carbocycles. The van der Waals surface area contributed by atoms with Gasteiger partial charge in [0.25, 0.3) is 0 Å². The van der Waals surface area contributed by atoms with Crippen LogP contribution in [0.5, 0.6) is 0 Å².